The summed E-state index contributed by atoms with van der Waals surface area (Å²) in [7, 11) is -2.35. The monoisotopic (exact) mass is 585 g/mol. The second kappa shape index (κ2) is 12.4. The van der Waals surface area contributed by atoms with Crippen molar-refractivity contribution in [3.8, 4) is 0 Å². The molecule has 2 fully saturated rings. The van der Waals surface area contributed by atoms with Crippen molar-refractivity contribution in [3.05, 3.63) is 21.7 Å². The molecule has 0 amide bonds. The predicted octanol–water partition coefficient (Wildman–Crippen LogP) is 2.84. The van der Waals surface area contributed by atoms with Crippen LogP contribution >= 0.6 is 11.3 Å². The minimum Gasteiger partial charge on any atom is -0.458 e. The van der Waals surface area contributed by atoms with E-state index in [2.05, 4.69) is 9.71 Å². The average Bonchev–Trinajstić information content (AvgIpc) is 3.41. The molecule has 1 aromatic rings. The van der Waals surface area contributed by atoms with Crippen molar-refractivity contribution in [2.45, 2.75) is 104 Å². The molecular formula is C27H43N3O7S2. The summed E-state index contributed by atoms with van der Waals surface area (Å²) in [6.07, 6.45) is 0.492. The van der Waals surface area contributed by atoms with Crippen LogP contribution in [-0.2, 0) is 24.5 Å². The van der Waals surface area contributed by atoms with Crippen molar-refractivity contribution in [1.29, 1.82) is 0 Å². The smallest absolute Gasteiger partial charge is 0.309 e. The predicted molar refractivity (Wildman–Crippen MR) is 150 cm³/mol. The zero-order valence-electron chi connectivity index (χ0n) is 23.9. The number of aliphatic hydroxyl groups is 2. The molecule has 2 saturated heterocycles. The quantitative estimate of drug-likeness (QED) is 0.361. The van der Waals surface area contributed by atoms with Crippen molar-refractivity contribution < 1.29 is 33.0 Å². The number of carbonyl (C=O) groups is 2. The maximum Gasteiger partial charge on any atom is 0.309 e. The number of nitrogens with one attached hydrogen (secondary N) is 1. The van der Waals surface area contributed by atoms with Crippen LogP contribution in [0.25, 0.3) is 6.08 Å². The topological polar surface area (TPSA) is 146 Å². The van der Waals surface area contributed by atoms with Crippen LogP contribution in [0.5, 0.6) is 0 Å². The molecule has 3 N–H and O–H groups in total. The number of cyclic esters (lactones) is 1. The third kappa shape index (κ3) is 7.34. The number of esters is 1. The van der Waals surface area contributed by atoms with Crippen LogP contribution in [0.15, 0.2) is 11.0 Å². The zero-order valence-corrected chi connectivity index (χ0v) is 25.5. The van der Waals surface area contributed by atoms with Gasteiger partial charge in [0.2, 0.25) is 0 Å². The van der Waals surface area contributed by atoms with Gasteiger partial charge < -0.3 is 14.9 Å². The van der Waals surface area contributed by atoms with E-state index in [1.165, 1.54) is 22.7 Å². The molecule has 220 valence electrons. The highest BCUT2D eigenvalue weighted by atomic mass is 32.2. The first-order chi connectivity index (χ1) is 18.1. The van der Waals surface area contributed by atoms with Crippen LogP contribution in [0.1, 0.15) is 77.4 Å². The first-order valence-electron chi connectivity index (χ1n) is 13.5. The van der Waals surface area contributed by atoms with Gasteiger partial charge in [-0.2, -0.15) is 12.7 Å². The summed E-state index contributed by atoms with van der Waals surface area (Å²) < 4.78 is 35.2. The fourth-order valence-electron chi connectivity index (χ4n) is 5.51. The lowest BCUT2D eigenvalue weighted by atomic mass is 9.73. The number of hydrogen-bond donors (Lipinski definition) is 3. The lowest BCUT2D eigenvalue weighted by Crippen LogP contribution is -2.45. The Balaban J connectivity index is 1.95. The zero-order chi connectivity index (χ0) is 29.3. The number of aromatic nitrogens is 1. The number of rotatable bonds is 4. The molecule has 12 heteroatoms. The Morgan fingerprint density at radius 3 is 2.49 bits per heavy atom. The van der Waals surface area contributed by atoms with Crippen molar-refractivity contribution in [3.63, 3.8) is 0 Å². The number of Topliss-reactive ketones (excluding diaryl/α,β-unsaturated/α-hetero) is 1. The van der Waals surface area contributed by atoms with Gasteiger partial charge in [-0.05, 0) is 44.3 Å². The Morgan fingerprint density at radius 2 is 1.90 bits per heavy atom. The van der Waals surface area contributed by atoms with Crippen molar-refractivity contribution >= 4 is 39.4 Å². The van der Waals surface area contributed by atoms with E-state index in [4.69, 9.17) is 4.74 Å². The largest absolute Gasteiger partial charge is 0.458 e. The van der Waals surface area contributed by atoms with Gasteiger partial charge in [-0.25, -0.2) is 9.71 Å². The van der Waals surface area contributed by atoms with E-state index in [0.717, 1.165) is 10.7 Å². The highest BCUT2D eigenvalue weighted by Gasteiger charge is 2.55. The molecule has 1 aromatic heterocycles. The Kier molecular flexibility index (Phi) is 10.2. The fraction of sp³-hybridized carbons (Fsp3) is 0.741. The fourth-order valence-corrected chi connectivity index (χ4v) is 7.42. The SMILES string of the molecule is CNS(=O)(=O)N1C2CCCC(C)C(O)C(C)C(=O)C(C)(C)C(O)CC(=O)OC(/C(C)=C/c3csc(C)n3)CC21. The highest BCUT2D eigenvalue weighted by Crippen LogP contribution is 2.41. The number of thiazole rings is 1. The van der Waals surface area contributed by atoms with Gasteiger partial charge in [0.15, 0.2) is 0 Å². The summed E-state index contributed by atoms with van der Waals surface area (Å²) in [6.45, 7) is 10.4. The van der Waals surface area contributed by atoms with Crippen molar-refractivity contribution in [1.82, 2.24) is 14.0 Å². The summed E-state index contributed by atoms with van der Waals surface area (Å²) in [5.74, 6) is -1.97. The second-order valence-electron chi connectivity index (χ2n) is 11.6. The Morgan fingerprint density at radius 1 is 1.23 bits per heavy atom. The average molecular weight is 586 g/mol. The molecule has 2 aliphatic rings. The van der Waals surface area contributed by atoms with Crippen LogP contribution in [-0.4, -0.2) is 77.1 Å². The maximum atomic E-state index is 13.3. The molecule has 0 aliphatic carbocycles. The van der Waals surface area contributed by atoms with Gasteiger partial charge in [0, 0.05) is 36.9 Å². The minimum absolute atomic E-state index is 0.208. The van der Waals surface area contributed by atoms with E-state index in [-0.39, 0.29) is 30.2 Å². The van der Waals surface area contributed by atoms with E-state index in [0.29, 0.717) is 24.8 Å². The molecule has 3 heterocycles. The number of ether oxygens (including phenoxy) is 1. The lowest BCUT2D eigenvalue weighted by molar-refractivity contribution is -0.154. The molecule has 0 radical (unpaired) electrons. The van der Waals surface area contributed by atoms with E-state index in [1.54, 1.807) is 20.8 Å². The molecule has 8 atom stereocenters. The number of hydrogen-bond acceptors (Lipinski definition) is 9. The molecule has 3 rings (SSSR count). The molecule has 0 aromatic carbocycles. The normalized spacial score (nSPS) is 35.3. The van der Waals surface area contributed by atoms with Gasteiger partial charge in [0.1, 0.15) is 11.9 Å². The molecule has 39 heavy (non-hydrogen) atoms. The third-order valence-electron chi connectivity index (χ3n) is 8.29. The first kappa shape index (κ1) is 31.8. The van der Waals surface area contributed by atoms with Crippen molar-refractivity contribution in [2.75, 3.05) is 7.05 Å². The molecule has 0 saturated carbocycles. The molecule has 10 nitrogen and oxygen atoms in total. The van der Waals surface area contributed by atoms with E-state index >= 15 is 0 Å². The lowest BCUT2D eigenvalue weighted by Gasteiger charge is -2.34. The summed E-state index contributed by atoms with van der Waals surface area (Å²) in [5, 5.41) is 24.6. The van der Waals surface area contributed by atoms with Crippen LogP contribution in [0, 0.1) is 24.2 Å². The molecule has 0 spiro atoms. The number of aryl methyl sites for hydroxylation is 1. The minimum atomic E-state index is -3.71. The molecule has 8 unspecified atom stereocenters. The van der Waals surface area contributed by atoms with Crippen LogP contribution in [0.4, 0.5) is 0 Å². The molecular weight excluding hydrogens is 542 g/mol. The van der Waals surface area contributed by atoms with Crippen LogP contribution in [0.2, 0.25) is 0 Å². The second-order valence-corrected chi connectivity index (χ2v) is 14.4. The summed E-state index contributed by atoms with van der Waals surface area (Å²) in [6, 6.07) is -0.658. The summed E-state index contributed by atoms with van der Waals surface area (Å²) in [5.41, 5.74) is 0.143. The number of aliphatic hydroxyl groups excluding tert-OH is 2. The number of ketones is 1. The third-order valence-corrected chi connectivity index (χ3v) is 10.7. The van der Waals surface area contributed by atoms with E-state index in [1.807, 2.05) is 32.2 Å². The molecule has 2 aliphatic heterocycles. The molecule has 0 bridgehead atoms. The van der Waals surface area contributed by atoms with Crippen LogP contribution in [0.3, 0.4) is 0 Å². The van der Waals surface area contributed by atoms with Gasteiger partial charge >= 0.3 is 5.97 Å². The standard InChI is InChI=1S/C27H43N3O7S2/c1-15-9-8-10-20-21(30(20)39(35,36)28-7)12-22(16(2)11-19-14-38-18(4)29-19)37-24(32)13-23(31)27(5,6)26(34)17(3)25(15)33/h11,14-15,17,20-23,25,28,31,33H,8-10,12-13H2,1-7H3/b16-11+. The first-order valence-corrected chi connectivity index (χ1v) is 15.8. The number of carbonyl (C=O) groups excluding carboxylic acids is 2. The Hall–Kier alpha value is -1.70. The highest BCUT2D eigenvalue weighted by molar-refractivity contribution is 7.87. The van der Waals surface area contributed by atoms with E-state index in [9.17, 15) is 28.2 Å². The summed E-state index contributed by atoms with van der Waals surface area (Å²) in [4.78, 5) is 30.8. The van der Waals surface area contributed by atoms with Gasteiger partial charge in [0.05, 0.1) is 34.7 Å². The Bertz CT molecular complexity index is 1180. The Labute approximate surface area is 236 Å². The van der Waals surface area contributed by atoms with Gasteiger partial charge in [0.25, 0.3) is 10.2 Å². The van der Waals surface area contributed by atoms with E-state index < -0.39 is 52.2 Å². The summed E-state index contributed by atoms with van der Waals surface area (Å²) >= 11 is 1.49. The maximum absolute atomic E-state index is 13.3. The van der Waals surface area contributed by atoms with Gasteiger partial charge in [-0.15, -0.1) is 11.3 Å². The number of fused-ring (bicyclic) bond motifs is 1. The van der Waals surface area contributed by atoms with Gasteiger partial charge in [-0.1, -0.05) is 34.1 Å². The van der Waals surface area contributed by atoms with Crippen molar-refractivity contribution in [2.24, 2.45) is 17.3 Å². The number of nitrogens with zero attached hydrogens (tertiary/aromatic N) is 2. The van der Waals surface area contributed by atoms with Gasteiger partial charge in [-0.3, -0.25) is 9.59 Å². The van der Waals surface area contributed by atoms with Crippen LogP contribution < -0.4 is 4.72 Å².